The molecule has 19 heteroatoms. The van der Waals surface area contributed by atoms with Gasteiger partial charge in [0.1, 0.15) is 67.2 Å². The monoisotopic (exact) mass is 672 g/mol. The van der Waals surface area contributed by atoms with Crippen LogP contribution in [0.2, 0.25) is 0 Å². The Morgan fingerprint density at radius 2 is 1.62 bits per heavy atom. The number of esters is 1. The molecule has 2 aromatic rings. The zero-order valence-corrected chi connectivity index (χ0v) is 25.3. The molecule has 8 N–H and O–H groups in total. The summed E-state index contributed by atoms with van der Waals surface area (Å²) >= 11 is 0. The zero-order valence-electron chi connectivity index (χ0n) is 25.3. The number of aromatic nitrogens is 3. The van der Waals surface area contributed by atoms with E-state index < -0.39 is 92.7 Å². The Labute approximate surface area is 268 Å². The first kappa shape index (κ1) is 36.5. The predicted octanol–water partition coefficient (Wildman–Crippen LogP) is -4.07. The number of hydrogen-bond donors (Lipinski definition) is 8. The smallest absolute Gasteiger partial charge is 0.408 e. The van der Waals surface area contributed by atoms with Crippen LogP contribution in [0.1, 0.15) is 11.3 Å². The number of hydrogen-bond acceptors (Lipinski definition) is 17. The third-order valence-corrected chi connectivity index (χ3v) is 7.56. The number of aliphatic hydroxyl groups excluding tert-OH is 7. The number of ether oxygens (including phenoxy) is 6. The van der Waals surface area contributed by atoms with E-state index in [2.05, 4.69) is 15.6 Å². The van der Waals surface area contributed by atoms with Gasteiger partial charge in [-0.15, -0.1) is 5.10 Å². The molecule has 2 fully saturated rings. The van der Waals surface area contributed by atoms with Gasteiger partial charge in [-0.2, -0.15) is 0 Å². The molecular weight excluding hydrogens is 632 g/mol. The summed E-state index contributed by atoms with van der Waals surface area (Å²) in [7, 11) is 1.21. The highest BCUT2D eigenvalue weighted by Gasteiger charge is 2.50. The van der Waals surface area contributed by atoms with Crippen molar-refractivity contribution in [2.24, 2.45) is 0 Å². The van der Waals surface area contributed by atoms with Crippen LogP contribution in [0.3, 0.4) is 0 Å². The van der Waals surface area contributed by atoms with E-state index in [4.69, 9.17) is 28.4 Å². The molecule has 0 bridgehead atoms. The number of aliphatic hydroxyl groups is 7. The Hall–Kier alpha value is -3.34. The van der Waals surface area contributed by atoms with Gasteiger partial charge in [-0.3, -0.25) is 0 Å². The van der Waals surface area contributed by atoms with Crippen molar-refractivity contribution in [3.05, 3.63) is 47.8 Å². The molecule has 11 atom stereocenters. The van der Waals surface area contributed by atoms with E-state index in [0.29, 0.717) is 0 Å². The molecule has 0 spiro atoms. The second-order valence-corrected chi connectivity index (χ2v) is 10.8. The number of carbonyl (C=O) groups excluding carboxylic acids is 2. The fourth-order valence-corrected chi connectivity index (χ4v) is 4.98. The van der Waals surface area contributed by atoms with Crippen LogP contribution >= 0.6 is 0 Å². The van der Waals surface area contributed by atoms with Gasteiger partial charge >= 0.3 is 12.1 Å². The maximum Gasteiger partial charge on any atom is 0.408 e. The SMILES string of the molecule is COC(=O)C(Cc1ccccc1)NC(=O)OCc1cn(CCO[C@@H]2O[C@H](CO)[C@@H](O[C@@H]3O[C@H](CO)[C@H](O)[C@H](O)[C@H]3O)[C@H](O)[C@H]2O)nn1. The van der Waals surface area contributed by atoms with Crippen LogP contribution in [0.5, 0.6) is 0 Å². The molecule has 0 aliphatic carbocycles. The van der Waals surface area contributed by atoms with Crippen LogP contribution in [0.4, 0.5) is 4.79 Å². The Kier molecular flexibility index (Phi) is 13.3. The summed E-state index contributed by atoms with van der Waals surface area (Å²) in [5.74, 6) is -0.640. The first-order chi connectivity index (χ1) is 22.6. The lowest BCUT2D eigenvalue weighted by Crippen LogP contribution is -2.64. The quantitative estimate of drug-likeness (QED) is 0.0886. The first-order valence-electron chi connectivity index (χ1n) is 14.7. The highest BCUT2D eigenvalue weighted by Crippen LogP contribution is 2.29. The maximum absolute atomic E-state index is 12.4. The van der Waals surface area contributed by atoms with Crippen molar-refractivity contribution in [3.8, 4) is 0 Å². The number of alkyl carbamates (subject to hydrolysis) is 1. The highest BCUT2D eigenvalue weighted by molar-refractivity contribution is 5.81. The largest absolute Gasteiger partial charge is 0.467 e. The van der Waals surface area contributed by atoms with Gasteiger partial charge in [0.15, 0.2) is 12.6 Å². The van der Waals surface area contributed by atoms with Crippen molar-refractivity contribution in [1.29, 1.82) is 0 Å². The number of carbonyl (C=O) groups is 2. The van der Waals surface area contributed by atoms with Gasteiger partial charge < -0.3 is 69.5 Å². The van der Waals surface area contributed by atoms with Gasteiger partial charge in [0.05, 0.1) is 39.7 Å². The van der Waals surface area contributed by atoms with E-state index in [1.807, 2.05) is 6.07 Å². The normalized spacial score (nSPS) is 31.6. The molecule has 1 aromatic heterocycles. The standard InChI is InChI=1S/C28H40N4O15/c1-42-25(40)16(9-14-5-3-2-4-6-14)29-28(41)44-13-15-10-32(31-30-15)7-8-43-26-23(39)21(37)24(18(12-34)46-26)47-27-22(38)20(36)19(35)17(11-33)45-27/h2-6,10,16-24,26-27,33-39H,7-9,11-13H2,1H3,(H,29,41)/t16?,17-,18-,19+,20+,21-,22-,23-,24-,26-,27+/m1/s1. The van der Waals surface area contributed by atoms with Crippen LogP contribution in [0, 0.1) is 0 Å². The minimum absolute atomic E-state index is 0.0813. The van der Waals surface area contributed by atoms with Crippen molar-refractivity contribution in [1.82, 2.24) is 20.3 Å². The summed E-state index contributed by atoms with van der Waals surface area (Å²) in [6.45, 7) is -1.72. The van der Waals surface area contributed by atoms with Gasteiger partial charge in [-0.1, -0.05) is 35.5 Å². The Morgan fingerprint density at radius 1 is 0.936 bits per heavy atom. The van der Waals surface area contributed by atoms with Crippen molar-refractivity contribution in [2.45, 2.75) is 87.0 Å². The fraction of sp³-hybridized carbons (Fsp3) is 0.643. The zero-order chi connectivity index (χ0) is 34.1. The maximum atomic E-state index is 12.4. The molecule has 3 heterocycles. The third-order valence-electron chi connectivity index (χ3n) is 7.56. The number of amides is 1. The van der Waals surface area contributed by atoms with E-state index in [1.165, 1.54) is 18.0 Å². The average molecular weight is 673 g/mol. The van der Waals surface area contributed by atoms with Gasteiger partial charge in [-0.05, 0) is 5.56 Å². The molecule has 2 aliphatic heterocycles. The second kappa shape index (κ2) is 17.2. The topological polar surface area (TPSA) is 274 Å². The number of nitrogens with one attached hydrogen (secondary N) is 1. The summed E-state index contributed by atoms with van der Waals surface area (Å²) in [4.78, 5) is 24.5. The minimum atomic E-state index is -1.78. The van der Waals surface area contributed by atoms with Crippen LogP contribution in [-0.2, 0) is 52.8 Å². The van der Waals surface area contributed by atoms with Crippen LogP contribution < -0.4 is 5.32 Å². The lowest BCUT2D eigenvalue weighted by atomic mass is 9.97. The number of methoxy groups -OCH3 is 1. The molecule has 262 valence electrons. The molecule has 4 rings (SSSR count). The molecular formula is C28H40N4O15. The minimum Gasteiger partial charge on any atom is -0.467 e. The Bertz CT molecular complexity index is 1270. The van der Waals surface area contributed by atoms with Crippen molar-refractivity contribution in [2.75, 3.05) is 26.9 Å². The molecule has 47 heavy (non-hydrogen) atoms. The molecule has 1 amide bonds. The van der Waals surface area contributed by atoms with E-state index in [1.54, 1.807) is 24.3 Å². The fourth-order valence-electron chi connectivity index (χ4n) is 4.98. The number of rotatable bonds is 14. The van der Waals surface area contributed by atoms with E-state index in [0.717, 1.165) is 5.56 Å². The summed E-state index contributed by atoms with van der Waals surface area (Å²) < 4.78 is 33.2. The number of nitrogens with zero attached hydrogens (tertiary/aromatic N) is 3. The highest BCUT2D eigenvalue weighted by atomic mass is 16.7. The van der Waals surface area contributed by atoms with E-state index in [9.17, 15) is 45.3 Å². The molecule has 2 aliphatic rings. The van der Waals surface area contributed by atoms with Crippen molar-refractivity contribution >= 4 is 12.1 Å². The molecule has 1 aromatic carbocycles. The predicted molar refractivity (Wildman–Crippen MR) is 152 cm³/mol. The van der Waals surface area contributed by atoms with Gasteiger partial charge in [0.2, 0.25) is 0 Å². The Balaban J connectivity index is 1.23. The van der Waals surface area contributed by atoms with E-state index in [-0.39, 0.29) is 31.9 Å². The molecule has 19 nitrogen and oxygen atoms in total. The lowest BCUT2D eigenvalue weighted by molar-refractivity contribution is -0.359. The van der Waals surface area contributed by atoms with Crippen LogP contribution in [0.25, 0.3) is 0 Å². The van der Waals surface area contributed by atoms with Crippen LogP contribution in [-0.4, -0.2) is 157 Å². The number of benzene rings is 1. The Morgan fingerprint density at radius 3 is 2.30 bits per heavy atom. The molecule has 0 saturated carbocycles. The van der Waals surface area contributed by atoms with Gasteiger partial charge in [0.25, 0.3) is 0 Å². The van der Waals surface area contributed by atoms with Crippen LogP contribution in [0.15, 0.2) is 36.5 Å². The summed E-state index contributed by atoms with van der Waals surface area (Å²) in [6.07, 6.45) is -14.9. The summed E-state index contributed by atoms with van der Waals surface area (Å²) in [5, 5.41) is 81.0. The van der Waals surface area contributed by atoms with Gasteiger partial charge in [-0.25, -0.2) is 14.3 Å². The first-order valence-corrected chi connectivity index (χ1v) is 14.7. The average Bonchev–Trinajstić information content (AvgIpc) is 3.54. The molecule has 1 unspecified atom stereocenters. The van der Waals surface area contributed by atoms with E-state index >= 15 is 0 Å². The molecule has 0 radical (unpaired) electrons. The lowest BCUT2D eigenvalue weighted by Gasteiger charge is -2.45. The summed E-state index contributed by atoms with van der Waals surface area (Å²) in [6, 6.07) is 8.06. The third kappa shape index (κ3) is 9.39. The molecule has 2 saturated heterocycles. The van der Waals surface area contributed by atoms with Crippen molar-refractivity contribution < 1.29 is 73.8 Å². The van der Waals surface area contributed by atoms with Crippen molar-refractivity contribution in [3.63, 3.8) is 0 Å². The summed E-state index contributed by atoms with van der Waals surface area (Å²) in [5.41, 5.74) is 1.08. The van der Waals surface area contributed by atoms with Gasteiger partial charge in [0, 0.05) is 6.42 Å². The second-order valence-electron chi connectivity index (χ2n) is 10.8.